The molecule has 1 aliphatic carbocycles. The van der Waals surface area contributed by atoms with E-state index in [4.69, 9.17) is 0 Å². The normalized spacial score (nSPS) is 18.1. The van der Waals surface area contributed by atoms with Crippen molar-refractivity contribution in [3.8, 4) is 0 Å². The molecule has 4 nitrogen and oxygen atoms in total. The summed E-state index contributed by atoms with van der Waals surface area (Å²) in [6, 6.07) is 3.63. The Morgan fingerprint density at radius 1 is 1.33 bits per heavy atom. The molecule has 18 heavy (non-hydrogen) atoms. The van der Waals surface area contributed by atoms with E-state index in [2.05, 4.69) is 22.5 Å². The van der Waals surface area contributed by atoms with Gasteiger partial charge in [-0.1, -0.05) is 19.3 Å². The third-order valence-electron chi connectivity index (χ3n) is 3.65. The molecule has 0 radical (unpaired) electrons. The molecule has 1 fully saturated rings. The summed E-state index contributed by atoms with van der Waals surface area (Å²) in [6.07, 6.45) is 7.44. The van der Waals surface area contributed by atoms with Crippen LogP contribution < -0.4 is 10.6 Å². The fourth-order valence-corrected chi connectivity index (χ4v) is 2.51. The highest BCUT2D eigenvalue weighted by Crippen LogP contribution is 2.27. The maximum atomic E-state index is 12.2. The first-order chi connectivity index (χ1) is 8.63. The van der Waals surface area contributed by atoms with E-state index < -0.39 is 0 Å². The number of amides is 1. The van der Waals surface area contributed by atoms with Crippen LogP contribution in [0.1, 0.15) is 49.5 Å². The number of nitrogens with one attached hydrogen (secondary N) is 2. The second-order valence-electron chi connectivity index (χ2n) is 5.26. The van der Waals surface area contributed by atoms with Crippen molar-refractivity contribution in [2.75, 3.05) is 12.4 Å². The van der Waals surface area contributed by atoms with Crippen LogP contribution in [0.2, 0.25) is 0 Å². The van der Waals surface area contributed by atoms with Gasteiger partial charge in [0.15, 0.2) is 0 Å². The van der Waals surface area contributed by atoms with Crippen molar-refractivity contribution in [2.45, 2.75) is 44.6 Å². The van der Waals surface area contributed by atoms with Crippen molar-refractivity contribution in [1.82, 2.24) is 10.3 Å². The van der Waals surface area contributed by atoms with Gasteiger partial charge in [0.1, 0.15) is 5.69 Å². The zero-order valence-electron chi connectivity index (χ0n) is 11.1. The number of rotatable bonds is 3. The Bertz CT molecular complexity index is 425. The first-order valence-corrected chi connectivity index (χ1v) is 6.59. The molecular formula is C14H21N3O. The van der Waals surface area contributed by atoms with E-state index in [0.717, 1.165) is 18.5 Å². The number of carbonyl (C=O) groups is 1. The van der Waals surface area contributed by atoms with Gasteiger partial charge in [0.2, 0.25) is 0 Å². The SMILES string of the molecule is CNc1ccnc(C(=O)NC2(C)CCCCC2)c1. The molecule has 1 saturated carbocycles. The Hall–Kier alpha value is -1.58. The summed E-state index contributed by atoms with van der Waals surface area (Å²) in [5, 5.41) is 6.15. The standard InChI is InChI=1S/C14H21N3O/c1-14(7-4-3-5-8-14)17-13(18)12-10-11(15-2)6-9-16-12/h6,9-10H,3-5,7-8H2,1-2H3,(H,15,16)(H,17,18). The first kappa shape index (κ1) is 12.9. The second-order valence-corrected chi connectivity index (χ2v) is 5.26. The molecular weight excluding hydrogens is 226 g/mol. The molecule has 4 heteroatoms. The summed E-state index contributed by atoms with van der Waals surface area (Å²) < 4.78 is 0. The van der Waals surface area contributed by atoms with Crippen molar-refractivity contribution in [1.29, 1.82) is 0 Å². The van der Waals surface area contributed by atoms with Gasteiger partial charge in [0.25, 0.3) is 5.91 Å². The lowest BCUT2D eigenvalue weighted by atomic mass is 9.83. The summed E-state index contributed by atoms with van der Waals surface area (Å²) in [6.45, 7) is 2.13. The lowest BCUT2D eigenvalue weighted by molar-refractivity contribution is 0.0877. The monoisotopic (exact) mass is 247 g/mol. The minimum absolute atomic E-state index is 0.0628. The van der Waals surface area contributed by atoms with E-state index in [1.165, 1.54) is 19.3 Å². The van der Waals surface area contributed by atoms with Crippen molar-refractivity contribution in [3.05, 3.63) is 24.0 Å². The Morgan fingerprint density at radius 3 is 2.72 bits per heavy atom. The molecule has 0 spiro atoms. The molecule has 1 aliphatic rings. The van der Waals surface area contributed by atoms with Gasteiger partial charge in [0, 0.05) is 24.5 Å². The number of carbonyl (C=O) groups excluding carboxylic acids is 1. The maximum absolute atomic E-state index is 12.2. The zero-order chi connectivity index (χ0) is 13.0. The Kier molecular flexibility index (Phi) is 3.84. The van der Waals surface area contributed by atoms with Crippen molar-refractivity contribution < 1.29 is 4.79 Å². The van der Waals surface area contributed by atoms with Gasteiger partial charge in [-0.15, -0.1) is 0 Å². The van der Waals surface area contributed by atoms with E-state index in [-0.39, 0.29) is 11.4 Å². The summed E-state index contributed by atoms with van der Waals surface area (Å²) in [5.74, 6) is -0.0727. The van der Waals surface area contributed by atoms with E-state index >= 15 is 0 Å². The van der Waals surface area contributed by atoms with Crippen LogP contribution in [0.5, 0.6) is 0 Å². The minimum atomic E-state index is -0.0727. The first-order valence-electron chi connectivity index (χ1n) is 6.59. The van der Waals surface area contributed by atoms with E-state index in [0.29, 0.717) is 5.69 Å². The molecule has 0 unspecified atom stereocenters. The molecule has 98 valence electrons. The summed E-state index contributed by atoms with van der Waals surface area (Å²) in [7, 11) is 1.83. The molecule has 1 aromatic heterocycles. The molecule has 0 aliphatic heterocycles. The van der Waals surface area contributed by atoms with Crippen LogP contribution in [-0.4, -0.2) is 23.5 Å². The fraction of sp³-hybridized carbons (Fsp3) is 0.571. The highest BCUT2D eigenvalue weighted by Gasteiger charge is 2.28. The summed E-state index contributed by atoms with van der Waals surface area (Å²) in [5.41, 5.74) is 1.32. The predicted octanol–water partition coefficient (Wildman–Crippen LogP) is 2.58. The number of pyridine rings is 1. The van der Waals surface area contributed by atoms with Crippen LogP contribution in [0.3, 0.4) is 0 Å². The van der Waals surface area contributed by atoms with Gasteiger partial charge in [-0.2, -0.15) is 0 Å². The number of hydrogen-bond acceptors (Lipinski definition) is 3. The highest BCUT2D eigenvalue weighted by atomic mass is 16.2. The Labute approximate surface area is 108 Å². The predicted molar refractivity (Wildman–Crippen MR) is 72.7 cm³/mol. The molecule has 1 amide bonds. The molecule has 0 atom stereocenters. The number of hydrogen-bond donors (Lipinski definition) is 2. The lowest BCUT2D eigenvalue weighted by Gasteiger charge is -2.34. The molecule has 0 saturated heterocycles. The van der Waals surface area contributed by atoms with Crippen LogP contribution in [0.25, 0.3) is 0 Å². The van der Waals surface area contributed by atoms with Crippen LogP contribution in [0.4, 0.5) is 5.69 Å². The topological polar surface area (TPSA) is 54.0 Å². The van der Waals surface area contributed by atoms with Gasteiger partial charge >= 0.3 is 0 Å². The van der Waals surface area contributed by atoms with Crippen LogP contribution >= 0.6 is 0 Å². The van der Waals surface area contributed by atoms with Crippen LogP contribution in [0, 0.1) is 0 Å². The summed E-state index contributed by atoms with van der Waals surface area (Å²) in [4.78, 5) is 16.3. The highest BCUT2D eigenvalue weighted by molar-refractivity contribution is 5.93. The smallest absolute Gasteiger partial charge is 0.270 e. The lowest BCUT2D eigenvalue weighted by Crippen LogP contribution is -2.47. The quantitative estimate of drug-likeness (QED) is 0.863. The number of nitrogens with zero attached hydrogens (tertiary/aromatic N) is 1. The zero-order valence-corrected chi connectivity index (χ0v) is 11.1. The van der Waals surface area contributed by atoms with E-state index in [1.54, 1.807) is 12.3 Å². The third kappa shape index (κ3) is 3.00. The average molecular weight is 247 g/mol. The minimum Gasteiger partial charge on any atom is -0.388 e. The molecule has 0 aromatic carbocycles. The van der Waals surface area contributed by atoms with Gasteiger partial charge in [-0.25, -0.2) is 0 Å². The molecule has 0 bridgehead atoms. The van der Waals surface area contributed by atoms with Crippen molar-refractivity contribution >= 4 is 11.6 Å². The van der Waals surface area contributed by atoms with Crippen LogP contribution in [-0.2, 0) is 0 Å². The van der Waals surface area contributed by atoms with Crippen LogP contribution in [0.15, 0.2) is 18.3 Å². The molecule has 2 rings (SSSR count). The fourth-order valence-electron chi connectivity index (χ4n) is 2.51. The Balaban J connectivity index is 2.06. The molecule has 2 N–H and O–H groups in total. The molecule has 1 aromatic rings. The van der Waals surface area contributed by atoms with Crippen molar-refractivity contribution in [3.63, 3.8) is 0 Å². The summed E-state index contributed by atoms with van der Waals surface area (Å²) >= 11 is 0. The van der Waals surface area contributed by atoms with Gasteiger partial charge in [0.05, 0.1) is 0 Å². The number of aromatic nitrogens is 1. The maximum Gasteiger partial charge on any atom is 0.270 e. The third-order valence-corrected chi connectivity index (χ3v) is 3.65. The van der Waals surface area contributed by atoms with Crippen molar-refractivity contribution in [2.24, 2.45) is 0 Å². The largest absolute Gasteiger partial charge is 0.388 e. The molecule has 1 heterocycles. The van der Waals surface area contributed by atoms with Gasteiger partial charge in [-0.05, 0) is 31.9 Å². The average Bonchev–Trinajstić information content (AvgIpc) is 2.39. The van der Waals surface area contributed by atoms with E-state index in [1.807, 2.05) is 13.1 Å². The number of anilines is 1. The van der Waals surface area contributed by atoms with Gasteiger partial charge in [-0.3, -0.25) is 9.78 Å². The second kappa shape index (κ2) is 5.38. The Morgan fingerprint density at radius 2 is 2.06 bits per heavy atom. The van der Waals surface area contributed by atoms with Gasteiger partial charge < -0.3 is 10.6 Å². The van der Waals surface area contributed by atoms with E-state index in [9.17, 15) is 4.79 Å².